The monoisotopic (exact) mass is 297 g/mol. The molecular formula is C15H24ClN3O. The molecule has 5 heteroatoms. The largest absolute Gasteiger partial charge is 0.378 e. The average Bonchev–Trinajstić information content (AvgIpc) is 2.41. The first-order valence-corrected chi connectivity index (χ1v) is 6.90. The SMILES string of the molecule is CN(C)c1cccc(C(=O)NC2CCC(N)CC2)c1.Cl. The standard InChI is InChI=1S/C15H23N3O.ClH/c1-18(2)14-5-3-4-11(10-14)15(19)17-13-8-6-12(16)7-9-13;/h3-5,10,12-13H,6-9,16H2,1-2H3,(H,17,19);1H. The average molecular weight is 298 g/mol. The number of carbonyl (C=O) groups is 1. The molecule has 0 radical (unpaired) electrons. The van der Waals surface area contributed by atoms with E-state index in [-0.39, 0.29) is 24.4 Å². The van der Waals surface area contributed by atoms with Crippen LogP contribution in [0.15, 0.2) is 24.3 Å². The Bertz CT molecular complexity index is 442. The van der Waals surface area contributed by atoms with Crippen LogP contribution < -0.4 is 16.0 Å². The highest BCUT2D eigenvalue weighted by molar-refractivity contribution is 5.95. The first-order valence-electron chi connectivity index (χ1n) is 6.90. The summed E-state index contributed by atoms with van der Waals surface area (Å²) in [4.78, 5) is 14.2. The molecular weight excluding hydrogens is 274 g/mol. The molecule has 0 aliphatic heterocycles. The van der Waals surface area contributed by atoms with Crippen molar-refractivity contribution in [1.82, 2.24) is 5.32 Å². The summed E-state index contributed by atoms with van der Waals surface area (Å²) in [5.41, 5.74) is 7.64. The molecule has 1 aliphatic carbocycles. The lowest BCUT2D eigenvalue weighted by Crippen LogP contribution is -2.40. The molecule has 1 amide bonds. The van der Waals surface area contributed by atoms with Crippen LogP contribution in [0.25, 0.3) is 0 Å². The number of halogens is 1. The number of benzene rings is 1. The molecule has 0 aromatic heterocycles. The number of amides is 1. The second-order valence-electron chi connectivity index (χ2n) is 5.53. The van der Waals surface area contributed by atoms with Crippen molar-refractivity contribution in [2.24, 2.45) is 5.73 Å². The maximum absolute atomic E-state index is 12.2. The highest BCUT2D eigenvalue weighted by Gasteiger charge is 2.20. The Morgan fingerprint density at radius 1 is 1.25 bits per heavy atom. The third kappa shape index (κ3) is 4.39. The lowest BCUT2D eigenvalue weighted by atomic mass is 9.91. The van der Waals surface area contributed by atoms with E-state index in [0.717, 1.165) is 36.9 Å². The highest BCUT2D eigenvalue weighted by atomic mass is 35.5. The van der Waals surface area contributed by atoms with Gasteiger partial charge in [-0.3, -0.25) is 4.79 Å². The molecule has 1 saturated carbocycles. The predicted molar refractivity (Wildman–Crippen MR) is 85.7 cm³/mol. The molecule has 0 saturated heterocycles. The summed E-state index contributed by atoms with van der Waals surface area (Å²) < 4.78 is 0. The van der Waals surface area contributed by atoms with Crippen molar-refractivity contribution in [3.05, 3.63) is 29.8 Å². The predicted octanol–water partition coefficient (Wildman–Crippen LogP) is 2.17. The van der Waals surface area contributed by atoms with Crippen LogP contribution in [-0.4, -0.2) is 32.1 Å². The minimum absolute atomic E-state index is 0. The van der Waals surface area contributed by atoms with Gasteiger partial charge in [0.05, 0.1) is 0 Å². The zero-order chi connectivity index (χ0) is 13.8. The van der Waals surface area contributed by atoms with Crippen LogP contribution in [0.3, 0.4) is 0 Å². The molecule has 2 rings (SSSR count). The number of rotatable bonds is 3. The number of carbonyl (C=O) groups excluding carboxylic acids is 1. The molecule has 112 valence electrons. The van der Waals surface area contributed by atoms with Crippen LogP contribution in [0.2, 0.25) is 0 Å². The van der Waals surface area contributed by atoms with E-state index in [1.54, 1.807) is 0 Å². The van der Waals surface area contributed by atoms with Crippen molar-refractivity contribution in [2.45, 2.75) is 37.8 Å². The van der Waals surface area contributed by atoms with Crippen molar-refractivity contribution in [2.75, 3.05) is 19.0 Å². The summed E-state index contributed by atoms with van der Waals surface area (Å²) in [5, 5.41) is 3.11. The molecule has 1 aromatic rings. The van der Waals surface area contributed by atoms with Crippen molar-refractivity contribution in [3.63, 3.8) is 0 Å². The second-order valence-corrected chi connectivity index (χ2v) is 5.53. The van der Waals surface area contributed by atoms with E-state index in [4.69, 9.17) is 5.73 Å². The van der Waals surface area contributed by atoms with Crippen molar-refractivity contribution in [3.8, 4) is 0 Å². The van der Waals surface area contributed by atoms with Gasteiger partial charge in [0.15, 0.2) is 0 Å². The van der Waals surface area contributed by atoms with E-state index in [0.29, 0.717) is 6.04 Å². The van der Waals surface area contributed by atoms with E-state index in [1.807, 2.05) is 43.3 Å². The fraction of sp³-hybridized carbons (Fsp3) is 0.533. The molecule has 0 bridgehead atoms. The minimum Gasteiger partial charge on any atom is -0.378 e. The topological polar surface area (TPSA) is 58.4 Å². The van der Waals surface area contributed by atoms with Crippen molar-refractivity contribution >= 4 is 24.0 Å². The Morgan fingerprint density at radius 3 is 2.50 bits per heavy atom. The van der Waals surface area contributed by atoms with Gasteiger partial charge in [0, 0.05) is 37.4 Å². The number of nitrogens with one attached hydrogen (secondary N) is 1. The van der Waals surface area contributed by atoms with E-state index >= 15 is 0 Å². The van der Waals surface area contributed by atoms with Crippen molar-refractivity contribution in [1.29, 1.82) is 0 Å². The van der Waals surface area contributed by atoms with Crippen LogP contribution in [-0.2, 0) is 0 Å². The van der Waals surface area contributed by atoms with Crippen LogP contribution in [0.1, 0.15) is 36.0 Å². The minimum atomic E-state index is 0. The Hall–Kier alpha value is -1.26. The van der Waals surface area contributed by atoms with Gasteiger partial charge in [-0.25, -0.2) is 0 Å². The molecule has 0 spiro atoms. The van der Waals surface area contributed by atoms with Gasteiger partial charge in [-0.2, -0.15) is 0 Å². The van der Waals surface area contributed by atoms with Gasteiger partial charge in [-0.1, -0.05) is 6.07 Å². The second kappa shape index (κ2) is 7.50. The van der Waals surface area contributed by atoms with E-state index in [1.165, 1.54) is 0 Å². The van der Waals surface area contributed by atoms with Crippen LogP contribution in [0.5, 0.6) is 0 Å². The summed E-state index contributed by atoms with van der Waals surface area (Å²) in [6, 6.07) is 8.28. The normalized spacial score (nSPS) is 21.8. The zero-order valence-electron chi connectivity index (χ0n) is 12.1. The Kier molecular flexibility index (Phi) is 6.30. The van der Waals surface area contributed by atoms with Crippen LogP contribution >= 0.6 is 12.4 Å². The van der Waals surface area contributed by atoms with Crippen molar-refractivity contribution < 1.29 is 4.79 Å². The van der Waals surface area contributed by atoms with Gasteiger partial charge < -0.3 is 16.0 Å². The smallest absolute Gasteiger partial charge is 0.251 e. The molecule has 0 atom stereocenters. The summed E-state index contributed by atoms with van der Waals surface area (Å²) in [7, 11) is 3.94. The van der Waals surface area contributed by atoms with Gasteiger partial charge in [-0.05, 0) is 43.9 Å². The first-order chi connectivity index (χ1) is 9.06. The molecule has 3 N–H and O–H groups in total. The maximum Gasteiger partial charge on any atom is 0.251 e. The molecule has 1 fully saturated rings. The van der Waals surface area contributed by atoms with Crippen LogP contribution in [0.4, 0.5) is 5.69 Å². The third-order valence-electron chi connectivity index (χ3n) is 3.73. The fourth-order valence-corrected chi connectivity index (χ4v) is 2.46. The molecule has 20 heavy (non-hydrogen) atoms. The lowest BCUT2D eigenvalue weighted by molar-refractivity contribution is 0.0926. The Labute approximate surface area is 127 Å². The molecule has 1 aliphatic rings. The Balaban J connectivity index is 0.00000200. The fourth-order valence-electron chi connectivity index (χ4n) is 2.46. The number of hydrogen-bond acceptors (Lipinski definition) is 3. The summed E-state index contributed by atoms with van der Waals surface area (Å²) in [6.07, 6.45) is 3.98. The third-order valence-corrected chi connectivity index (χ3v) is 3.73. The molecule has 0 unspecified atom stereocenters. The van der Waals surface area contributed by atoms with E-state index < -0.39 is 0 Å². The quantitative estimate of drug-likeness (QED) is 0.899. The molecule has 0 heterocycles. The van der Waals surface area contributed by atoms with Gasteiger partial charge in [0.25, 0.3) is 5.91 Å². The van der Waals surface area contributed by atoms with Gasteiger partial charge in [0.2, 0.25) is 0 Å². The zero-order valence-corrected chi connectivity index (χ0v) is 13.0. The van der Waals surface area contributed by atoms with Gasteiger partial charge in [-0.15, -0.1) is 12.4 Å². The van der Waals surface area contributed by atoms with Gasteiger partial charge in [0.1, 0.15) is 0 Å². The van der Waals surface area contributed by atoms with Gasteiger partial charge >= 0.3 is 0 Å². The Morgan fingerprint density at radius 2 is 1.90 bits per heavy atom. The summed E-state index contributed by atoms with van der Waals surface area (Å²) >= 11 is 0. The summed E-state index contributed by atoms with van der Waals surface area (Å²) in [6.45, 7) is 0. The number of anilines is 1. The maximum atomic E-state index is 12.2. The van der Waals surface area contributed by atoms with E-state index in [9.17, 15) is 4.79 Å². The molecule has 1 aromatic carbocycles. The number of hydrogen-bond donors (Lipinski definition) is 2. The first kappa shape index (κ1) is 16.8. The number of nitrogens with two attached hydrogens (primary N) is 1. The lowest BCUT2D eigenvalue weighted by Gasteiger charge is -2.27. The number of nitrogens with zero attached hydrogens (tertiary/aromatic N) is 1. The molecule has 4 nitrogen and oxygen atoms in total. The highest BCUT2D eigenvalue weighted by Crippen LogP contribution is 2.18. The van der Waals surface area contributed by atoms with Crippen LogP contribution in [0, 0.1) is 0 Å². The summed E-state index contributed by atoms with van der Waals surface area (Å²) in [5.74, 6) is 0.0178. The van der Waals surface area contributed by atoms with E-state index in [2.05, 4.69) is 5.32 Å².